The molecule has 0 bridgehead atoms. The lowest BCUT2D eigenvalue weighted by Gasteiger charge is -2.08. The van der Waals surface area contributed by atoms with E-state index in [1.54, 1.807) is 11.3 Å². The minimum absolute atomic E-state index is 0.0162. The van der Waals surface area contributed by atoms with Crippen molar-refractivity contribution in [1.29, 1.82) is 0 Å². The molecule has 1 amide bonds. The lowest BCUT2D eigenvalue weighted by Crippen LogP contribution is -2.24. The molecule has 0 fully saturated rings. The maximum Gasteiger partial charge on any atom is 0.226 e. The van der Waals surface area contributed by atoms with Crippen LogP contribution in [0.2, 0.25) is 0 Å². The van der Waals surface area contributed by atoms with Gasteiger partial charge in [0.2, 0.25) is 5.91 Å². The predicted octanol–water partition coefficient (Wildman–Crippen LogP) is 4.82. The summed E-state index contributed by atoms with van der Waals surface area (Å²) in [5.41, 5.74) is 8.95. The number of aromatic nitrogens is 3. The molecule has 2 N–H and O–H groups in total. The Labute approximate surface area is 174 Å². The van der Waals surface area contributed by atoms with Gasteiger partial charge in [-0.15, -0.1) is 11.3 Å². The first kappa shape index (κ1) is 19.5. The largest absolute Gasteiger partial charge is 0.358 e. The lowest BCUT2D eigenvalue weighted by molar-refractivity contribution is -0.120. The first-order valence-corrected chi connectivity index (χ1v) is 10.7. The number of carbonyl (C=O) groups excluding carboxylic acids is 1. The van der Waals surface area contributed by atoms with Crippen molar-refractivity contribution < 1.29 is 4.79 Å². The van der Waals surface area contributed by atoms with Crippen molar-refractivity contribution in [2.45, 2.75) is 47.6 Å². The molecular weight excluding hydrogens is 380 g/mol. The van der Waals surface area contributed by atoms with Gasteiger partial charge in [-0.2, -0.15) is 0 Å². The van der Waals surface area contributed by atoms with E-state index in [-0.39, 0.29) is 12.3 Å². The molecule has 3 heterocycles. The number of rotatable bonds is 5. The zero-order valence-electron chi connectivity index (χ0n) is 17.5. The molecular formula is C23H26N4OS. The second-order valence-corrected chi connectivity index (χ2v) is 8.58. The van der Waals surface area contributed by atoms with Crippen LogP contribution in [-0.4, -0.2) is 20.4 Å². The normalized spacial score (nSPS) is 11.3. The molecule has 0 radical (unpaired) electrons. The highest BCUT2D eigenvalue weighted by molar-refractivity contribution is 7.12. The number of nitrogens with zero attached hydrogens (tertiary/aromatic N) is 2. The Morgan fingerprint density at radius 3 is 2.59 bits per heavy atom. The van der Waals surface area contributed by atoms with Gasteiger partial charge in [-0.1, -0.05) is 11.6 Å². The van der Waals surface area contributed by atoms with E-state index in [1.165, 1.54) is 22.2 Å². The van der Waals surface area contributed by atoms with E-state index in [4.69, 9.17) is 0 Å². The van der Waals surface area contributed by atoms with E-state index in [0.29, 0.717) is 6.54 Å². The van der Waals surface area contributed by atoms with Crippen LogP contribution in [-0.2, 0) is 17.8 Å². The van der Waals surface area contributed by atoms with Crippen LogP contribution in [0, 0.1) is 34.6 Å². The number of benzene rings is 1. The molecule has 0 aliphatic rings. The highest BCUT2D eigenvalue weighted by atomic mass is 32.1. The number of carbonyl (C=O) groups is 1. The summed E-state index contributed by atoms with van der Waals surface area (Å²) in [7, 11) is 0. The van der Waals surface area contributed by atoms with Crippen LogP contribution in [0.4, 0.5) is 0 Å². The van der Waals surface area contributed by atoms with Crippen LogP contribution in [0.25, 0.3) is 16.0 Å². The molecule has 1 aromatic carbocycles. The van der Waals surface area contributed by atoms with Crippen molar-refractivity contribution in [3.05, 3.63) is 69.1 Å². The van der Waals surface area contributed by atoms with E-state index in [9.17, 15) is 4.79 Å². The van der Waals surface area contributed by atoms with Gasteiger partial charge < -0.3 is 10.3 Å². The van der Waals surface area contributed by atoms with Gasteiger partial charge in [0.25, 0.3) is 0 Å². The van der Waals surface area contributed by atoms with E-state index in [1.807, 2.05) is 5.38 Å². The summed E-state index contributed by atoms with van der Waals surface area (Å²) in [6.45, 7) is 10.9. The van der Waals surface area contributed by atoms with Crippen molar-refractivity contribution in [1.82, 2.24) is 19.9 Å². The number of H-pyrrole nitrogens is 1. The summed E-state index contributed by atoms with van der Waals surface area (Å²) in [6.07, 6.45) is 0.285. The van der Waals surface area contributed by atoms with E-state index in [0.717, 1.165) is 33.3 Å². The van der Waals surface area contributed by atoms with Crippen LogP contribution < -0.4 is 5.32 Å². The van der Waals surface area contributed by atoms with Gasteiger partial charge in [0.1, 0.15) is 0 Å². The molecule has 0 unspecified atom stereocenters. The highest BCUT2D eigenvalue weighted by Crippen LogP contribution is 2.26. The summed E-state index contributed by atoms with van der Waals surface area (Å²) < 4.78 is 2.12. The highest BCUT2D eigenvalue weighted by Gasteiger charge is 2.13. The van der Waals surface area contributed by atoms with E-state index in [2.05, 4.69) is 78.7 Å². The van der Waals surface area contributed by atoms with Gasteiger partial charge in [0.15, 0.2) is 5.13 Å². The van der Waals surface area contributed by atoms with Crippen LogP contribution in [0.5, 0.6) is 0 Å². The summed E-state index contributed by atoms with van der Waals surface area (Å²) in [4.78, 5) is 20.7. The molecule has 3 aromatic heterocycles. The first-order chi connectivity index (χ1) is 13.8. The van der Waals surface area contributed by atoms with Crippen molar-refractivity contribution in [2.24, 2.45) is 0 Å². The van der Waals surface area contributed by atoms with Crippen LogP contribution >= 0.6 is 11.3 Å². The molecule has 0 saturated heterocycles. The maximum absolute atomic E-state index is 12.5. The fraction of sp³-hybridized carbons (Fsp3) is 0.304. The molecule has 0 saturated carbocycles. The Bertz CT molecular complexity index is 1190. The van der Waals surface area contributed by atoms with Gasteiger partial charge >= 0.3 is 0 Å². The number of hydrogen-bond acceptors (Lipinski definition) is 3. The minimum atomic E-state index is -0.0162. The Kier molecular flexibility index (Phi) is 5.04. The lowest BCUT2D eigenvalue weighted by atomic mass is 10.0. The average molecular weight is 407 g/mol. The third-order valence-electron chi connectivity index (χ3n) is 5.46. The zero-order valence-corrected chi connectivity index (χ0v) is 18.3. The third-order valence-corrected chi connectivity index (χ3v) is 6.34. The molecule has 0 aliphatic carbocycles. The van der Waals surface area contributed by atoms with Crippen LogP contribution in [0.15, 0.2) is 29.6 Å². The smallest absolute Gasteiger partial charge is 0.226 e. The van der Waals surface area contributed by atoms with Gasteiger partial charge in [0.05, 0.1) is 17.6 Å². The number of amides is 1. The quantitative estimate of drug-likeness (QED) is 0.499. The van der Waals surface area contributed by atoms with Gasteiger partial charge in [0, 0.05) is 34.4 Å². The van der Waals surface area contributed by atoms with Gasteiger partial charge in [-0.25, -0.2) is 4.98 Å². The number of thiazole rings is 1. The van der Waals surface area contributed by atoms with Crippen LogP contribution in [0.1, 0.15) is 39.5 Å². The van der Waals surface area contributed by atoms with Gasteiger partial charge in [-0.05, 0) is 63.9 Å². The Morgan fingerprint density at radius 1 is 1.14 bits per heavy atom. The van der Waals surface area contributed by atoms with Crippen molar-refractivity contribution in [3.63, 3.8) is 0 Å². The van der Waals surface area contributed by atoms with Gasteiger partial charge in [-0.3, -0.25) is 9.36 Å². The molecule has 4 aromatic rings. The number of aryl methyl sites for hydroxylation is 5. The first-order valence-electron chi connectivity index (χ1n) is 9.78. The number of aromatic amines is 1. The summed E-state index contributed by atoms with van der Waals surface area (Å²) in [5.74, 6) is -0.0162. The molecule has 0 spiro atoms. The Balaban J connectivity index is 1.47. The second kappa shape index (κ2) is 7.52. The minimum Gasteiger partial charge on any atom is -0.358 e. The Hall–Kier alpha value is -2.86. The SMILES string of the molecule is Cc1cc(CNC(=O)Cc2csc(-n3c(C)ccc3C)n2)c2[nH]c(C)c(C)c2c1. The topological polar surface area (TPSA) is 62.7 Å². The van der Waals surface area contributed by atoms with Crippen LogP contribution in [0.3, 0.4) is 0 Å². The molecule has 5 nitrogen and oxygen atoms in total. The molecule has 29 heavy (non-hydrogen) atoms. The summed E-state index contributed by atoms with van der Waals surface area (Å²) in [5, 5.41) is 7.17. The fourth-order valence-electron chi connectivity index (χ4n) is 3.80. The van der Waals surface area contributed by atoms with Crippen molar-refractivity contribution in [2.75, 3.05) is 0 Å². The Morgan fingerprint density at radius 2 is 1.86 bits per heavy atom. The third kappa shape index (κ3) is 3.72. The molecule has 150 valence electrons. The monoisotopic (exact) mass is 406 g/mol. The summed E-state index contributed by atoms with van der Waals surface area (Å²) >= 11 is 1.57. The van der Waals surface area contributed by atoms with Crippen molar-refractivity contribution >= 4 is 28.1 Å². The average Bonchev–Trinajstić information content (AvgIpc) is 3.33. The standard InChI is InChI=1S/C23H26N4OS/c1-13-8-18(22-20(9-13)16(4)17(5)25-22)11-24-21(28)10-19-12-29-23(26-19)27-14(2)6-7-15(27)3/h6-9,12,25H,10-11H2,1-5H3,(H,24,28). The number of hydrogen-bond donors (Lipinski definition) is 2. The molecule has 4 rings (SSSR count). The maximum atomic E-state index is 12.5. The summed E-state index contributed by atoms with van der Waals surface area (Å²) in [6, 6.07) is 8.49. The number of nitrogens with one attached hydrogen (secondary N) is 2. The fourth-order valence-corrected chi connectivity index (χ4v) is 4.74. The molecule has 6 heteroatoms. The van der Waals surface area contributed by atoms with E-state index >= 15 is 0 Å². The van der Waals surface area contributed by atoms with E-state index < -0.39 is 0 Å². The predicted molar refractivity (Wildman–Crippen MR) is 119 cm³/mol. The van der Waals surface area contributed by atoms with Crippen molar-refractivity contribution in [3.8, 4) is 5.13 Å². The molecule has 0 atom stereocenters. The second-order valence-electron chi connectivity index (χ2n) is 7.75. The number of fused-ring (bicyclic) bond motifs is 1. The zero-order chi connectivity index (χ0) is 20.7. The molecule has 0 aliphatic heterocycles.